The fraction of sp³-hybridized carbons (Fsp3) is 0.0667. The second kappa shape index (κ2) is 5.81. The van der Waals surface area contributed by atoms with Gasteiger partial charge in [0.1, 0.15) is 0 Å². The summed E-state index contributed by atoms with van der Waals surface area (Å²) in [5, 5.41) is 10.6. The first-order chi connectivity index (χ1) is 11.0. The van der Waals surface area contributed by atoms with Crippen molar-refractivity contribution in [2.75, 3.05) is 0 Å². The zero-order chi connectivity index (χ0) is 16.4. The Morgan fingerprint density at radius 2 is 1.74 bits per heavy atom. The minimum atomic E-state index is -3.88. The van der Waals surface area contributed by atoms with Gasteiger partial charge < -0.3 is 0 Å². The second-order valence-electron chi connectivity index (χ2n) is 4.60. The van der Waals surface area contributed by atoms with E-state index in [-0.39, 0.29) is 10.6 Å². The minimum absolute atomic E-state index is 0.0906. The standard InChI is InChI=1S/C15H10N2O5S/c18-16(19)13-7-9-14(10-8-13)23(20,21)17-15(22-17)11-6-12-4-2-1-3-5-12/h1-5,7-10,15H. The highest BCUT2D eigenvalue weighted by Gasteiger charge is 2.47. The lowest BCUT2D eigenvalue weighted by Gasteiger charge is -2.00. The Hall–Kier alpha value is -2.73. The molecule has 0 spiro atoms. The lowest BCUT2D eigenvalue weighted by molar-refractivity contribution is -0.384. The van der Waals surface area contributed by atoms with Crippen LogP contribution in [0.3, 0.4) is 0 Å². The number of hydrogen-bond donors (Lipinski definition) is 0. The van der Waals surface area contributed by atoms with Gasteiger partial charge in [0.2, 0.25) is 6.23 Å². The molecule has 1 aliphatic heterocycles. The van der Waals surface area contributed by atoms with Gasteiger partial charge in [0.15, 0.2) is 0 Å². The van der Waals surface area contributed by atoms with E-state index >= 15 is 0 Å². The fourth-order valence-electron chi connectivity index (χ4n) is 1.84. The molecular weight excluding hydrogens is 320 g/mol. The molecule has 116 valence electrons. The summed E-state index contributed by atoms with van der Waals surface area (Å²) in [5.41, 5.74) is 0.562. The molecule has 2 aromatic rings. The predicted octanol–water partition coefficient (Wildman–Crippen LogP) is 1.91. The van der Waals surface area contributed by atoms with Crippen molar-refractivity contribution in [1.82, 2.24) is 4.47 Å². The van der Waals surface area contributed by atoms with Crippen molar-refractivity contribution >= 4 is 15.7 Å². The van der Waals surface area contributed by atoms with E-state index in [0.29, 0.717) is 0 Å². The van der Waals surface area contributed by atoms with Crippen molar-refractivity contribution < 1.29 is 18.2 Å². The van der Waals surface area contributed by atoms with Crippen LogP contribution in [-0.4, -0.2) is 24.0 Å². The van der Waals surface area contributed by atoms with Crippen LogP contribution in [-0.2, 0) is 14.9 Å². The van der Waals surface area contributed by atoms with Gasteiger partial charge in [-0.1, -0.05) is 24.1 Å². The molecule has 0 bridgehead atoms. The predicted molar refractivity (Wildman–Crippen MR) is 80.3 cm³/mol. The smallest absolute Gasteiger partial charge is 0.258 e. The molecule has 2 aromatic carbocycles. The van der Waals surface area contributed by atoms with Gasteiger partial charge >= 0.3 is 0 Å². The van der Waals surface area contributed by atoms with Crippen LogP contribution in [0.25, 0.3) is 0 Å². The summed E-state index contributed by atoms with van der Waals surface area (Å²) < 4.78 is 25.3. The van der Waals surface area contributed by atoms with Crippen LogP contribution in [0.5, 0.6) is 0 Å². The summed E-state index contributed by atoms with van der Waals surface area (Å²) in [6.45, 7) is 0. The fourth-order valence-corrected chi connectivity index (χ4v) is 3.03. The molecule has 0 radical (unpaired) electrons. The average Bonchev–Trinajstić information content (AvgIpc) is 3.34. The van der Waals surface area contributed by atoms with Gasteiger partial charge in [0.25, 0.3) is 15.7 Å². The van der Waals surface area contributed by atoms with Crippen LogP contribution in [0.15, 0.2) is 59.5 Å². The van der Waals surface area contributed by atoms with E-state index in [4.69, 9.17) is 4.84 Å². The number of nitro groups is 1. The summed E-state index contributed by atoms with van der Waals surface area (Å²) in [5.74, 6) is 5.51. The van der Waals surface area contributed by atoms with Crippen molar-refractivity contribution in [3.63, 3.8) is 0 Å². The largest absolute Gasteiger partial charge is 0.269 e. The number of sulfonamides is 1. The molecule has 1 fully saturated rings. The Kier molecular flexibility index (Phi) is 3.83. The first kappa shape index (κ1) is 15.2. The topological polar surface area (TPSA) is 92.8 Å². The van der Waals surface area contributed by atoms with E-state index in [9.17, 15) is 18.5 Å². The maximum atomic E-state index is 12.3. The van der Waals surface area contributed by atoms with Crippen LogP contribution >= 0.6 is 0 Å². The van der Waals surface area contributed by atoms with Crippen molar-refractivity contribution in [2.45, 2.75) is 11.1 Å². The van der Waals surface area contributed by atoms with Crippen LogP contribution in [0.1, 0.15) is 5.56 Å². The third-order valence-electron chi connectivity index (χ3n) is 3.05. The highest BCUT2D eigenvalue weighted by Crippen LogP contribution is 2.30. The number of benzene rings is 2. The summed E-state index contributed by atoms with van der Waals surface area (Å²) in [6, 6.07) is 13.7. The van der Waals surface area contributed by atoms with E-state index in [2.05, 4.69) is 11.8 Å². The van der Waals surface area contributed by atoms with Gasteiger partial charge in [-0.2, -0.15) is 0 Å². The highest BCUT2D eigenvalue weighted by atomic mass is 32.2. The van der Waals surface area contributed by atoms with E-state index < -0.39 is 21.2 Å². The molecule has 8 heteroatoms. The van der Waals surface area contributed by atoms with Crippen LogP contribution < -0.4 is 0 Å². The van der Waals surface area contributed by atoms with Gasteiger partial charge in [-0.05, 0) is 34.7 Å². The number of rotatable bonds is 3. The molecule has 3 rings (SSSR count). The highest BCUT2D eigenvalue weighted by molar-refractivity contribution is 7.89. The quantitative estimate of drug-likeness (QED) is 0.371. The normalized spacial score (nSPS) is 19.5. The van der Waals surface area contributed by atoms with Gasteiger partial charge in [-0.3, -0.25) is 10.1 Å². The lowest BCUT2D eigenvalue weighted by atomic mass is 10.2. The SMILES string of the molecule is O=[N+]([O-])c1ccc(S(=O)(=O)N2OC2C#Cc2ccccc2)cc1. The number of nitro benzene ring substituents is 1. The molecule has 0 aliphatic carbocycles. The average molecular weight is 330 g/mol. The van der Waals surface area contributed by atoms with Gasteiger partial charge in [-0.15, -0.1) is 0 Å². The minimum Gasteiger partial charge on any atom is -0.258 e. The molecule has 0 amide bonds. The van der Waals surface area contributed by atoms with E-state index in [0.717, 1.165) is 34.3 Å². The first-order valence-corrected chi connectivity index (χ1v) is 7.95. The molecule has 23 heavy (non-hydrogen) atoms. The monoisotopic (exact) mass is 330 g/mol. The molecule has 7 nitrogen and oxygen atoms in total. The van der Waals surface area contributed by atoms with Gasteiger partial charge in [0, 0.05) is 17.7 Å². The lowest BCUT2D eigenvalue weighted by Crippen LogP contribution is -2.13. The Morgan fingerprint density at radius 3 is 2.35 bits per heavy atom. The Bertz CT molecular complexity index is 898. The van der Waals surface area contributed by atoms with Crippen LogP contribution in [0.4, 0.5) is 5.69 Å². The van der Waals surface area contributed by atoms with Crippen molar-refractivity contribution in [3.05, 3.63) is 70.3 Å². The molecule has 0 saturated carbocycles. The third-order valence-corrected chi connectivity index (χ3v) is 4.66. The van der Waals surface area contributed by atoms with E-state index in [1.54, 1.807) is 12.1 Å². The molecule has 0 aromatic heterocycles. The van der Waals surface area contributed by atoms with E-state index in [1.807, 2.05) is 18.2 Å². The molecule has 1 saturated heterocycles. The number of nitrogens with zero attached hydrogens (tertiary/aromatic N) is 2. The molecule has 0 N–H and O–H groups in total. The maximum absolute atomic E-state index is 12.3. The molecule has 2 unspecified atom stereocenters. The molecule has 2 atom stereocenters. The Morgan fingerprint density at radius 1 is 1.09 bits per heavy atom. The summed E-state index contributed by atoms with van der Waals surface area (Å²) in [6.07, 6.45) is -0.851. The summed E-state index contributed by atoms with van der Waals surface area (Å²) in [7, 11) is -3.88. The van der Waals surface area contributed by atoms with E-state index in [1.165, 1.54) is 0 Å². The molecule has 1 aliphatic rings. The molecular formula is C15H10N2O5S. The summed E-state index contributed by atoms with van der Waals surface area (Å²) in [4.78, 5) is 14.9. The first-order valence-electron chi connectivity index (χ1n) is 6.51. The summed E-state index contributed by atoms with van der Waals surface area (Å²) >= 11 is 0. The zero-order valence-electron chi connectivity index (χ0n) is 11.6. The van der Waals surface area contributed by atoms with Gasteiger partial charge in [0.05, 0.1) is 9.82 Å². The van der Waals surface area contributed by atoms with Crippen LogP contribution in [0.2, 0.25) is 0 Å². The molecule has 1 heterocycles. The van der Waals surface area contributed by atoms with Crippen molar-refractivity contribution in [1.29, 1.82) is 0 Å². The van der Waals surface area contributed by atoms with Crippen LogP contribution in [0, 0.1) is 22.0 Å². The van der Waals surface area contributed by atoms with Crippen molar-refractivity contribution in [3.8, 4) is 11.8 Å². The van der Waals surface area contributed by atoms with Gasteiger partial charge in [-0.25, -0.2) is 13.3 Å². The number of hydrogen-bond acceptors (Lipinski definition) is 5. The second-order valence-corrected chi connectivity index (χ2v) is 6.39. The number of hydroxylamine groups is 1. The zero-order valence-corrected chi connectivity index (χ0v) is 12.4. The maximum Gasteiger partial charge on any atom is 0.269 e. The van der Waals surface area contributed by atoms with Crippen molar-refractivity contribution in [2.24, 2.45) is 0 Å². The Labute approximate surface area is 132 Å². The number of non-ortho nitro benzene ring substituents is 1. The third kappa shape index (κ3) is 3.22. The Balaban J connectivity index is 1.75.